The van der Waals surface area contributed by atoms with Crippen LogP contribution in [0.15, 0.2) is 36.9 Å². The fourth-order valence-corrected chi connectivity index (χ4v) is 1.61. The Balaban J connectivity index is 2.05. The van der Waals surface area contributed by atoms with Crippen LogP contribution in [0.1, 0.15) is 20.3 Å². The molecule has 5 nitrogen and oxygen atoms in total. The van der Waals surface area contributed by atoms with Crippen molar-refractivity contribution in [2.75, 3.05) is 5.32 Å². The van der Waals surface area contributed by atoms with Crippen molar-refractivity contribution >= 4 is 11.6 Å². The van der Waals surface area contributed by atoms with Gasteiger partial charge in [0.1, 0.15) is 0 Å². The average Bonchev–Trinajstić information content (AvgIpc) is 2.77. The third-order valence-corrected chi connectivity index (χ3v) is 2.39. The molecular formula is C13H16N4O. The molecule has 0 atom stereocenters. The average molecular weight is 244 g/mol. The van der Waals surface area contributed by atoms with E-state index in [0.717, 1.165) is 5.69 Å². The molecule has 0 saturated carbocycles. The summed E-state index contributed by atoms with van der Waals surface area (Å²) in [6.45, 7) is 4.03. The predicted octanol–water partition coefficient (Wildman–Crippen LogP) is 2.25. The highest BCUT2D eigenvalue weighted by atomic mass is 16.1. The Bertz CT molecular complexity index is 519. The van der Waals surface area contributed by atoms with E-state index in [0.29, 0.717) is 18.0 Å². The summed E-state index contributed by atoms with van der Waals surface area (Å²) in [5.74, 6) is 0.361. The monoisotopic (exact) mass is 244 g/mol. The fourth-order valence-electron chi connectivity index (χ4n) is 1.61. The van der Waals surface area contributed by atoms with Crippen LogP contribution in [0.2, 0.25) is 0 Å². The van der Waals surface area contributed by atoms with Crippen molar-refractivity contribution in [3.05, 3.63) is 36.9 Å². The van der Waals surface area contributed by atoms with Crippen molar-refractivity contribution in [1.82, 2.24) is 14.8 Å². The number of hydrogen-bond acceptors (Lipinski definition) is 3. The van der Waals surface area contributed by atoms with Crippen LogP contribution in [0, 0.1) is 5.92 Å². The second kappa shape index (κ2) is 5.44. The first-order chi connectivity index (χ1) is 8.65. The molecule has 0 aliphatic heterocycles. The molecule has 0 aliphatic rings. The van der Waals surface area contributed by atoms with Gasteiger partial charge in [0.2, 0.25) is 5.91 Å². The van der Waals surface area contributed by atoms with Gasteiger partial charge in [0.05, 0.1) is 23.8 Å². The van der Waals surface area contributed by atoms with Gasteiger partial charge in [0.15, 0.2) is 0 Å². The smallest absolute Gasteiger partial charge is 0.224 e. The van der Waals surface area contributed by atoms with Crippen LogP contribution >= 0.6 is 0 Å². The van der Waals surface area contributed by atoms with Crippen LogP contribution in [0.5, 0.6) is 0 Å². The molecule has 18 heavy (non-hydrogen) atoms. The second-order valence-corrected chi connectivity index (χ2v) is 4.53. The number of rotatable bonds is 4. The van der Waals surface area contributed by atoms with Crippen molar-refractivity contribution < 1.29 is 4.79 Å². The Hall–Kier alpha value is -2.17. The third-order valence-electron chi connectivity index (χ3n) is 2.39. The van der Waals surface area contributed by atoms with Crippen LogP contribution < -0.4 is 5.32 Å². The van der Waals surface area contributed by atoms with Crippen LogP contribution in [0.25, 0.3) is 5.69 Å². The zero-order valence-electron chi connectivity index (χ0n) is 10.5. The predicted molar refractivity (Wildman–Crippen MR) is 69.4 cm³/mol. The fraction of sp³-hybridized carbons (Fsp3) is 0.308. The number of carbonyl (C=O) groups excluding carboxylic acids is 1. The Kier molecular flexibility index (Phi) is 3.72. The minimum absolute atomic E-state index is 0.0132. The van der Waals surface area contributed by atoms with E-state index in [2.05, 4.69) is 15.4 Å². The molecule has 1 amide bonds. The van der Waals surface area contributed by atoms with Gasteiger partial charge in [0, 0.05) is 18.8 Å². The van der Waals surface area contributed by atoms with Gasteiger partial charge in [-0.3, -0.25) is 9.78 Å². The molecule has 0 aliphatic carbocycles. The lowest BCUT2D eigenvalue weighted by molar-refractivity contribution is -0.116. The van der Waals surface area contributed by atoms with E-state index in [1.54, 1.807) is 29.5 Å². The molecule has 0 saturated heterocycles. The molecule has 1 N–H and O–H groups in total. The summed E-state index contributed by atoms with van der Waals surface area (Å²) in [6.07, 6.45) is 7.34. The summed E-state index contributed by atoms with van der Waals surface area (Å²) < 4.78 is 1.70. The first-order valence-corrected chi connectivity index (χ1v) is 5.90. The van der Waals surface area contributed by atoms with Gasteiger partial charge in [-0.15, -0.1) is 0 Å². The summed E-state index contributed by atoms with van der Waals surface area (Å²) in [5, 5.41) is 7.02. The maximum Gasteiger partial charge on any atom is 0.224 e. The maximum absolute atomic E-state index is 11.6. The zero-order valence-corrected chi connectivity index (χ0v) is 10.5. The Labute approximate surface area is 106 Å². The van der Waals surface area contributed by atoms with E-state index in [1.807, 2.05) is 26.0 Å². The third kappa shape index (κ3) is 3.16. The zero-order chi connectivity index (χ0) is 13.0. The lowest BCUT2D eigenvalue weighted by Gasteiger charge is -2.04. The summed E-state index contributed by atoms with van der Waals surface area (Å²) in [6, 6.07) is 3.71. The van der Waals surface area contributed by atoms with Crippen LogP contribution in [-0.2, 0) is 4.79 Å². The van der Waals surface area contributed by atoms with E-state index >= 15 is 0 Å². The Morgan fingerprint density at radius 3 is 2.78 bits per heavy atom. The molecular weight excluding hydrogens is 228 g/mol. The SMILES string of the molecule is CC(C)CC(=O)Nc1cnn(-c2ccncc2)c1. The van der Waals surface area contributed by atoms with Gasteiger partial charge in [-0.25, -0.2) is 4.68 Å². The Morgan fingerprint density at radius 1 is 1.39 bits per heavy atom. The number of pyridine rings is 1. The first-order valence-electron chi connectivity index (χ1n) is 5.90. The molecule has 0 aromatic carbocycles. The van der Waals surface area contributed by atoms with Crippen LogP contribution in [0.4, 0.5) is 5.69 Å². The highest BCUT2D eigenvalue weighted by molar-refractivity contribution is 5.90. The van der Waals surface area contributed by atoms with E-state index in [1.165, 1.54) is 0 Å². The summed E-state index contributed by atoms with van der Waals surface area (Å²) >= 11 is 0. The van der Waals surface area contributed by atoms with Crippen molar-refractivity contribution in [2.24, 2.45) is 5.92 Å². The van der Waals surface area contributed by atoms with Gasteiger partial charge in [-0.05, 0) is 18.1 Å². The lowest BCUT2D eigenvalue weighted by atomic mass is 10.1. The topological polar surface area (TPSA) is 59.8 Å². The van der Waals surface area contributed by atoms with E-state index in [-0.39, 0.29) is 5.91 Å². The van der Waals surface area contributed by atoms with E-state index in [9.17, 15) is 4.79 Å². The van der Waals surface area contributed by atoms with Gasteiger partial charge in [0.25, 0.3) is 0 Å². The number of carbonyl (C=O) groups is 1. The van der Waals surface area contributed by atoms with Crippen molar-refractivity contribution in [3.8, 4) is 5.69 Å². The molecule has 0 unspecified atom stereocenters. The number of nitrogens with one attached hydrogen (secondary N) is 1. The molecule has 94 valence electrons. The normalized spacial score (nSPS) is 10.6. The second-order valence-electron chi connectivity index (χ2n) is 4.53. The highest BCUT2D eigenvalue weighted by Gasteiger charge is 2.07. The maximum atomic E-state index is 11.6. The van der Waals surface area contributed by atoms with Crippen LogP contribution in [-0.4, -0.2) is 20.7 Å². The number of anilines is 1. The van der Waals surface area contributed by atoms with Crippen LogP contribution in [0.3, 0.4) is 0 Å². The minimum atomic E-state index is 0.0132. The van der Waals surface area contributed by atoms with Gasteiger partial charge < -0.3 is 5.32 Å². The van der Waals surface area contributed by atoms with Crippen molar-refractivity contribution in [2.45, 2.75) is 20.3 Å². The minimum Gasteiger partial charge on any atom is -0.323 e. The summed E-state index contributed by atoms with van der Waals surface area (Å²) in [7, 11) is 0. The molecule has 0 spiro atoms. The molecule has 0 fully saturated rings. The quantitative estimate of drug-likeness (QED) is 0.897. The lowest BCUT2D eigenvalue weighted by Crippen LogP contribution is -2.13. The Morgan fingerprint density at radius 2 is 2.11 bits per heavy atom. The van der Waals surface area contributed by atoms with Gasteiger partial charge in [-0.2, -0.15) is 5.10 Å². The largest absolute Gasteiger partial charge is 0.323 e. The standard InChI is InChI=1S/C13H16N4O/c1-10(2)7-13(18)16-11-8-15-17(9-11)12-3-5-14-6-4-12/h3-6,8-10H,7H2,1-2H3,(H,16,18). The molecule has 2 aromatic heterocycles. The molecule has 0 bridgehead atoms. The highest BCUT2D eigenvalue weighted by Crippen LogP contribution is 2.11. The molecule has 5 heteroatoms. The van der Waals surface area contributed by atoms with E-state index < -0.39 is 0 Å². The first kappa shape index (κ1) is 12.3. The number of aromatic nitrogens is 3. The number of nitrogens with zero attached hydrogens (tertiary/aromatic N) is 3. The summed E-state index contributed by atoms with van der Waals surface area (Å²) in [4.78, 5) is 15.6. The van der Waals surface area contributed by atoms with Gasteiger partial charge >= 0.3 is 0 Å². The number of amides is 1. The van der Waals surface area contributed by atoms with Crippen molar-refractivity contribution in [1.29, 1.82) is 0 Å². The molecule has 2 rings (SSSR count). The molecule has 2 heterocycles. The molecule has 2 aromatic rings. The molecule has 0 radical (unpaired) electrons. The number of hydrogen-bond donors (Lipinski definition) is 1. The summed E-state index contributed by atoms with van der Waals surface area (Å²) in [5.41, 5.74) is 1.62. The van der Waals surface area contributed by atoms with Crippen molar-refractivity contribution in [3.63, 3.8) is 0 Å². The van der Waals surface area contributed by atoms with Gasteiger partial charge in [-0.1, -0.05) is 13.8 Å². The van der Waals surface area contributed by atoms with E-state index in [4.69, 9.17) is 0 Å².